The number of rotatable bonds is 4. The normalized spacial score (nSPS) is 21.5. The second-order valence-corrected chi connectivity index (χ2v) is 9.17. The summed E-state index contributed by atoms with van der Waals surface area (Å²) in [6, 6.07) is 11.5. The summed E-state index contributed by atoms with van der Waals surface area (Å²) in [5.74, 6) is 0.0504. The van der Waals surface area contributed by atoms with Crippen LogP contribution >= 0.6 is 0 Å². The molecular formula is C25H27N3O4. The molecule has 32 heavy (non-hydrogen) atoms. The van der Waals surface area contributed by atoms with Crippen LogP contribution in [0.5, 0.6) is 0 Å². The molecule has 0 aromatic heterocycles. The van der Waals surface area contributed by atoms with Crippen molar-refractivity contribution in [2.45, 2.75) is 34.1 Å². The zero-order valence-electron chi connectivity index (χ0n) is 18.8. The first-order valence-corrected chi connectivity index (χ1v) is 10.9. The Balaban J connectivity index is 1.85. The van der Waals surface area contributed by atoms with Gasteiger partial charge in [0.15, 0.2) is 0 Å². The molecule has 2 aromatic carbocycles. The van der Waals surface area contributed by atoms with Crippen LogP contribution in [0.2, 0.25) is 0 Å². The third kappa shape index (κ3) is 3.90. The fraction of sp³-hybridized carbons (Fsp3) is 0.360. The zero-order chi connectivity index (χ0) is 23.2. The lowest BCUT2D eigenvalue weighted by Crippen LogP contribution is -2.42. The van der Waals surface area contributed by atoms with Crippen molar-refractivity contribution in [2.24, 2.45) is 11.8 Å². The number of likely N-dealkylation sites (tertiary alicyclic amines) is 1. The highest BCUT2D eigenvalue weighted by Crippen LogP contribution is 2.38. The van der Waals surface area contributed by atoms with Gasteiger partial charge in [0.2, 0.25) is 0 Å². The molecule has 7 heteroatoms. The number of imide groups is 1. The molecule has 2 aliphatic rings. The number of non-ortho nitro benzene ring substituents is 1. The van der Waals surface area contributed by atoms with Gasteiger partial charge in [-0.25, -0.2) is 4.90 Å². The summed E-state index contributed by atoms with van der Waals surface area (Å²) in [6.45, 7) is 9.54. The fourth-order valence-corrected chi connectivity index (χ4v) is 4.98. The highest BCUT2D eigenvalue weighted by molar-refractivity contribution is 6.45. The molecule has 0 aliphatic carbocycles. The molecule has 0 radical (unpaired) electrons. The molecule has 2 heterocycles. The van der Waals surface area contributed by atoms with E-state index in [1.54, 1.807) is 12.1 Å². The van der Waals surface area contributed by atoms with Crippen LogP contribution in [-0.4, -0.2) is 34.7 Å². The minimum Gasteiger partial charge on any atom is -0.366 e. The predicted octanol–water partition coefficient (Wildman–Crippen LogP) is 4.47. The zero-order valence-corrected chi connectivity index (χ0v) is 18.8. The Morgan fingerprint density at radius 2 is 1.47 bits per heavy atom. The van der Waals surface area contributed by atoms with E-state index in [4.69, 9.17) is 0 Å². The molecule has 0 spiro atoms. The van der Waals surface area contributed by atoms with E-state index in [2.05, 4.69) is 13.8 Å². The maximum atomic E-state index is 13.7. The third-order valence-corrected chi connectivity index (χ3v) is 6.08. The predicted molar refractivity (Wildman–Crippen MR) is 123 cm³/mol. The lowest BCUT2D eigenvalue weighted by atomic mass is 9.91. The Hall–Kier alpha value is -3.48. The highest BCUT2D eigenvalue weighted by atomic mass is 16.6. The number of nitro benzene ring substituents is 1. The first kappa shape index (κ1) is 21.7. The Kier molecular flexibility index (Phi) is 5.59. The van der Waals surface area contributed by atoms with Gasteiger partial charge < -0.3 is 4.90 Å². The molecule has 2 aliphatic heterocycles. The van der Waals surface area contributed by atoms with Crippen LogP contribution in [0, 0.1) is 35.8 Å². The summed E-state index contributed by atoms with van der Waals surface area (Å²) in [6.07, 6.45) is 1.07. The first-order chi connectivity index (χ1) is 15.2. The summed E-state index contributed by atoms with van der Waals surface area (Å²) >= 11 is 0. The van der Waals surface area contributed by atoms with Crippen molar-refractivity contribution < 1.29 is 14.5 Å². The molecule has 0 bridgehead atoms. The summed E-state index contributed by atoms with van der Waals surface area (Å²) < 4.78 is 0. The van der Waals surface area contributed by atoms with Crippen LogP contribution in [0.4, 0.5) is 11.4 Å². The van der Waals surface area contributed by atoms with Crippen molar-refractivity contribution in [3.8, 4) is 0 Å². The van der Waals surface area contributed by atoms with Gasteiger partial charge in [0, 0.05) is 25.2 Å². The standard InChI is InChI=1S/C25H27N3O4/c1-15-9-16(2)12-21(11-15)27-24(29)22(19-5-7-20(8-6-19)28(31)32)23(25(27)30)26-13-17(3)10-18(4)14-26/h5-9,11-12,17-18H,10,13-14H2,1-4H3. The van der Waals surface area contributed by atoms with Crippen molar-refractivity contribution in [3.05, 3.63) is 75.0 Å². The van der Waals surface area contributed by atoms with Crippen LogP contribution in [0.1, 0.15) is 37.0 Å². The fourth-order valence-electron chi connectivity index (χ4n) is 4.98. The van der Waals surface area contributed by atoms with Crippen molar-refractivity contribution in [3.63, 3.8) is 0 Å². The van der Waals surface area contributed by atoms with Crippen LogP contribution in [0.15, 0.2) is 48.2 Å². The largest absolute Gasteiger partial charge is 0.366 e. The molecule has 0 saturated carbocycles. The van der Waals surface area contributed by atoms with Gasteiger partial charge in [0.05, 0.1) is 16.2 Å². The van der Waals surface area contributed by atoms with Gasteiger partial charge in [-0.05, 0) is 73.1 Å². The Bertz CT molecular complexity index is 1110. The minimum atomic E-state index is -0.476. The van der Waals surface area contributed by atoms with Gasteiger partial charge >= 0.3 is 0 Å². The molecule has 2 aromatic rings. The van der Waals surface area contributed by atoms with Crippen molar-refractivity contribution in [1.82, 2.24) is 4.90 Å². The lowest BCUT2D eigenvalue weighted by Gasteiger charge is -2.37. The maximum Gasteiger partial charge on any atom is 0.282 e. The number of carbonyl (C=O) groups is 2. The molecule has 2 unspecified atom stereocenters. The number of nitro groups is 1. The van der Waals surface area contributed by atoms with Crippen molar-refractivity contribution >= 4 is 28.8 Å². The lowest BCUT2D eigenvalue weighted by molar-refractivity contribution is -0.384. The summed E-state index contributed by atoms with van der Waals surface area (Å²) in [5, 5.41) is 11.1. The number of carbonyl (C=O) groups excluding carboxylic acids is 2. The molecule has 1 fully saturated rings. The summed E-state index contributed by atoms with van der Waals surface area (Å²) in [4.78, 5) is 41.3. The van der Waals surface area contributed by atoms with Crippen molar-refractivity contribution in [1.29, 1.82) is 0 Å². The third-order valence-electron chi connectivity index (χ3n) is 6.08. The SMILES string of the molecule is Cc1cc(C)cc(N2C(=O)C(c3ccc([N+](=O)[O-])cc3)=C(N3CC(C)CC(C)C3)C2=O)c1. The molecule has 7 nitrogen and oxygen atoms in total. The quantitative estimate of drug-likeness (QED) is 0.403. The monoisotopic (exact) mass is 433 g/mol. The molecule has 0 N–H and O–H groups in total. The average Bonchev–Trinajstić information content (AvgIpc) is 2.96. The van der Waals surface area contributed by atoms with Gasteiger partial charge in [-0.3, -0.25) is 19.7 Å². The second-order valence-electron chi connectivity index (χ2n) is 9.17. The van der Waals surface area contributed by atoms with Gasteiger partial charge in [-0.1, -0.05) is 19.9 Å². The van der Waals surface area contributed by atoms with Gasteiger partial charge in [0.1, 0.15) is 5.70 Å². The van der Waals surface area contributed by atoms with E-state index in [0.717, 1.165) is 17.5 Å². The summed E-state index contributed by atoms with van der Waals surface area (Å²) in [7, 11) is 0. The van der Waals surface area contributed by atoms with E-state index in [1.807, 2.05) is 36.9 Å². The van der Waals surface area contributed by atoms with Gasteiger partial charge in [-0.15, -0.1) is 0 Å². The average molecular weight is 434 g/mol. The van der Waals surface area contributed by atoms with E-state index in [-0.39, 0.29) is 11.6 Å². The van der Waals surface area contributed by atoms with E-state index in [0.29, 0.717) is 47.4 Å². The topological polar surface area (TPSA) is 83.8 Å². The van der Waals surface area contributed by atoms with E-state index in [1.165, 1.54) is 17.0 Å². The number of anilines is 1. The summed E-state index contributed by atoms with van der Waals surface area (Å²) in [5.41, 5.74) is 3.63. The van der Waals surface area contributed by atoms with Crippen LogP contribution in [0.3, 0.4) is 0 Å². The van der Waals surface area contributed by atoms with Gasteiger partial charge in [-0.2, -0.15) is 0 Å². The maximum absolute atomic E-state index is 13.7. The van der Waals surface area contributed by atoms with Crippen LogP contribution in [0.25, 0.3) is 5.57 Å². The molecule has 166 valence electrons. The van der Waals surface area contributed by atoms with Crippen molar-refractivity contribution in [2.75, 3.05) is 18.0 Å². The number of aryl methyl sites for hydroxylation is 2. The number of nitrogens with zero attached hydrogens (tertiary/aromatic N) is 3. The second kappa shape index (κ2) is 8.22. The molecule has 4 rings (SSSR count). The smallest absolute Gasteiger partial charge is 0.282 e. The molecule has 2 amide bonds. The number of amides is 2. The number of piperidine rings is 1. The molecule has 1 saturated heterocycles. The number of hydrogen-bond donors (Lipinski definition) is 0. The first-order valence-electron chi connectivity index (χ1n) is 10.9. The van der Waals surface area contributed by atoms with E-state index < -0.39 is 10.8 Å². The number of hydrogen-bond acceptors (Lipinski definition) is 5. The Labute approximate surface area is 187 Å². The highest BCUT2D eigenvalue weighted by Gasteiger charge is 2.43. The van der Waals surface area contributed by atoms with E-state index in [9.17, 15) is 19.7 Å². The minimum absolute atomic E-state index is 0.0564. The molecular weight excluding hydrogens is 406 g/mol. The van der Waals surface area contributed by atoms with Crippen LogP contribution in [-0.2, 0) is 9.59 Å². The Morgan fingerprint density at radius 3 is 2.00 bits per heavy atom. The number of benzene rings is 2. The Morgan fingerprint density at radius 1 is 0.906 bits per heavy atom. The van der Waals surface area contributed by atoms with E-state index >= 15 is 0 Å². The van der Waals surface area contributed by atoms with Gasteiger partial charge in [0.25, 0.3) is 17.5 Å². The molecule has 2 atom stereocenters. The van der Waals surface area contributed by atoms with Crippen LogP contribution < -0.4 is 4.90 Å².